The van der Waals surface area contributed by atoms with E-state index in [4.69, 9.17) is 16.3 Å². The monoisotopic (exact) mass is 443 g/mol. The average Bonchev–Trinajstić information content (AvgIpc) is 3.36. The molecule has 1 aliphatic heterocycles. The Morgan fingerprint density at radius 3 is 2.63 bits per heavy atom. The van der Waals surface area contributed by atoms with Gasteiger partial charge in [-0.05, 0) is 24.3 Å². The second-order valence-corrected chi connectivity index (χ2v) is 8.07. The highest BCUT2D eigenvalue weighted by Gasteiger charge is 2.40. The number of carbonyl (C=O) groups is 2. The zero-order valence-corrected chi connectivity index (χ0v) is 17.3. The molecule has 0 radical (unpaired) electrons. The van der Waals surface area contributed by atoms with Crippen molar-refractivity contribution in [3.05, 3.63) is 65.0 Å². The first-order chi connectivity index (χ1) is 14.5. The second kappa shape index (κ2) is 8.83. The van der Waals surface area contributed by atoms with Gasteiger partial charge >= 0.3 is 6.09 Å². The Kier molecular flexibility index (Phi) is 5.98. The molecule has 9 heteroatoms. The van der Waals surface area contributed by atoms with E-state index in [9.17, 15) is 14.7 Å². The van der Waals surface area contributed by atoms with Crippen molar-refractivity contribution in [1.82, 2.24) is 9.88 Å². The third-order valence-corrected chi connectivity index (χ3v) is 5.65. The summed E-state index contributed by atoms with van der Waals surface area (Å²) in [7, 11) is 0. The molecule has 30 heavy (non-hydrogen) atoms. The van der Waals surface area contributed by atoms with Gasteiger partial charge in [-0.15, -0.1) is 11.3 Å². The van der Waals surface area contributed by atoms with Gasteiger partial charge in [0.1, 0.15) is 11.8 Å². The molecular formula is C21H18ClN3O4S. The predicted molar refractivity (Wildman–Crippen MR) is 115 cm³/mol. The Balaban J connectivity index is 1.44. The fourth-order valence-electron chi connectivity index (χ4n) is 3.19. The fourth-order valence-corrected chi connectivity index (χ4v) is 4.03. The van der Waals surface area contributed by atoms with E-state index in [1.54, 1.807) is 42.5 Å². The van der Waals surface area contributed by atoms with E-state index >= 15 is 0 Å². The summed E-state index contributed by atoms with van der Waals surface area (Å²) in [5.74, 6) is -0.0517. The van der Waals surface area contributed by atoms with E-state index in [-0.39, 0.29) is 13.0 Å². The third kappa shape index (κ3) is 4.62. The first-order valence-electron chi connectivity index (χ1n) is 9.23. The molecule has 0 bridgehead atoms. The first kappa shape index (κ1) is 20.3. The number of halogens is 1. The van der Waals surface area contributed by atoms with Crippen LogP contribution in [0.25, 0.3) is 11.3 Å². The molecule has 2 N–H and O–H groups in total. The van der Waals surface area contributed by atoms with Crippen LogP contribution in [0.4, 0.5) is 9.93 Å². The summed E-state index contributed by atoms with van der Waals surface area (Å²) in [6, 6.07) is 15.0. The number of anilines is 1. The molecule has 2 aromatic carbocycles. The van der Waals surface area contributed by atoms with E-state index in [0.717, 1.165) is 5.56 Å². The smallest absolute Gasteiger partial charge is 0.410 e. The number of nitrogens with zero attached hydrogens (tertiary/aromatic N) is 2. The van der Waals surface area contributed by atoms with Gasteiger partial charge < -0.3 is 15.2 Å². The van der Waals surface area contributed by atoms with E-state index in [1.807, 2.05) is 17.5 Å². The predicted octanol–water partition coefficient (Wildman–Crippen LogP) is 4.04. The molecule has 1 fully saturated rings. The molecule has 154 valence electrons. The number of ether oxygens (including phenoxy) is 1. The van der Waals surface area contributed by atoms with Crippen molar-refractivity contribution < 1.29 is 19.4 Å². The molecule has 0 saturated carbocycles. The molecule has 1 aromatic heterocycles. The minimum atomic E-state index is -0.848. The lowest BCUT2D eigenvalue weighted by Crippen LogP contribution is -2.44. The third-order valence-electron chi connectivity index (χ3n) is 4.64. The zero-order chi connectivity index (χ0) is 21.1. The number of hydrogen-bond acceptors (Lipinski definition) is 6. The normalized spacial score (nSPS) is 18.3. The van der Waals surface area contributed by atoms with Crippen LogP contribution in [0.1, 0.15) is 6.42 Å². The number of aromatic nitrogens is 1. The largest absolute Gasteiger partial charge is 0.416 e. The highest BCUT2D eigenvalue weighted by atomic mass is 35.5. The highest BCUT2D eigenvalue weighted by Crippen LogP contribution is 2.27. The van der Waals surface area contributed by atoms with Crippen molar-refractivity contribution in [1.29, 1.82) is 0 Å². The van der Waals surface area contributed by atoms with Gasteiger partial charge in [0, 0.05) is 22.4 Å². The van der Waals surface area contributed by atoms with Crippen LogP contribution in [0.3, 0.4) is 0 Å². The number of carbonyl (C=O) groups excluding carboxylic acids is 2. The van der Waals surface area contributed by atoms with Gasteiger partial charge in [-0.25, -0.2) is 9.78 Å². The number of amides is 2. The van der Waals surface area contributed by atoms with Gasteiger partial charge in [0.15, 0.2) is 5.13 Å². The number of aliphatic hydroxyl groups excluding tert-OH is 1. The number of benzene rings is 2. The van der Waals surface area contributed by atoms with Crippen LogP contribution in [-0.4, -0.2) is 45.7 Å². The van der Waals surface area contributed by atoms with Crippen LogP contribution in [0.2, 0.25) is 5.02 Å². The number of aliphatic hydroxyl groups is 1. The maximum Gasteiger partial charge on any atom is 0.416 e. The van der Waals surface area contributed by atoms with Crippen molar-refractivity contribution >= 4 is 40.1 Å². The Morgan fingerprint density at radius 1 is 1.17 bits per heavy atom. The lowest BCUT2D eigenvalue weighted by Gasteiger charge is -2.22. The molecule has 2 amide bonds. The number of β-amino-alcohol motifs (C(OH)–C–C–N with tert-alkyl or cyclic N) is 1. The Morgan fingerprint density at radius 2 is 1.90 bits per heavy atom. The molecule has 0 aliphatic carbocycles. The lowest BCUT2D eigenvalue weighted by molar-refractivity contribution is -0.119. The molecule has 2 atom stereocenters. The summed E-state index contributed by atoms with van der Waals surface area (Å²) >= 11 is 7.19. The minimum Gasteiger partial charge on any atom is -0.410 e. The van der Waals surface area contributed by atoms with Crippen molar-refractivity contribution in [2.24, 2.45) is 0 Å². The molecule has 1 saturated heterocycles. The molecule has 7 nitrogen and oxygen atoms in total. The maximum atomic E-state index is 12.8. The van der Waals surface area contributed by atoms with Gasteiger partial charge in [0.2, 0.25) is 5.91 Å². The van der Waals surface area contributed by atoms with Crippen molar-refractivity contribution in [3.8, 4) is 17.0 Å². The minimum absolute atomic E-state index is 0.0254. The summed E-state index contributed by atoms with van der Waals surface area (Å²) in [6.07, 6.45) is -1.35. The van der Waals surface area contributed by atoms with Crippen LogP contribution in [0.15, 0.2) is 60.0 Å². The molecule has 2 heterocycles. The van der Waals surface area contributed by atoms with E-state index in [0.29, 0.717) is 21.6 Å². The molecular weight excluding hydrogens is 426 g/mol. The number of para-hydroxylation sites is 1. The molecule has 3 aromatic rings. The number of rotatable bonds is 4. The van der Waals surface area contributed by atoms with Gasteiger partial charge in [0.25, 0.3) is 0 Å². The second-order valence-electron chi connectivity index (χ2n) is 6.77. The van der Waals surface area contributed by atoms with E-state index < -0.39 is 24.1 Å². The standard InChI is InChI=1S/C21H18ClN3O4S/c22-14-8-6-13(7-9-14)17-12-30-20(23-17)24-19(27)18-10-15(26)11-25(18)21(28)29-16-4-2-1-3-5-16/h1-9,12,15,18,26H,10-11H2,(H,23,24,27)/t15-,18+/m0/s1. The Hall–Kier alpha value is -2.94. The van der Waals surface area contributed by atoms with Gasteiger partial charge in [-0.2, -0.15) is 0 Å². The van der Waals surface area contributed by atoms with Crippen LogP contribution >= 0.6 is 22.9 Å². The number of likely N-dealkylation sites (tertiary alicyclic amines) is 1. The SMILES string of the molecule is O=C(Nc1nc(-c2ccc(Cl)cc2)cs1)[C@H]1C[C@H](O)CN1C(=O)Oc1ccccc1. The van der Waals surface area contributed by atoms with Crippen LogP contribution in [-0.2, 0) is 4.79 Å². The van der Waals surface area contributed by atoms with Crippen LogP contribution in [0, 0.1) is 0 Å². The van der Waals surface area contributed by atoms with E-state index in [2.05, 4.69) is 10.3 Å². The fraction of sp³-hybridized carbons (Fsp3) is 0.190. The summed E-state index contributed by atoms with van der Waals surface area (Å²) in [5, 5.41) is 15.6. The Bertz CT molecular complexity index is 1040. The van der Waals surface area contributed by atoms with Crippen molar-refractivity contribution in [3.63, 3.8) is 0 Å². The molecule has 0 unspecified atom stereocenters. The summed E-state index contributed by atoms with van der Waals surface area (Å²) in [5.41, 5.74) is 1.58. The van der Waals surface area contributed by atoms with Gasteiger partial charge in [0.05, 0.1) is 18.3 Å². The molecule has 0 spiro atoms. The van der Waals surface area contributed by atoms with E-state index in [1.165, 1.54) is 16.2 Å². The van der Waals surface area contributed by atoms with Crippen molar-refractivity contribution in [2.45, 2.75) is 18.6 Å². The number of thiazole rings is 1. The maximum absolute atomic E-state index is 12.8. The zero-order valence-electron chi connectivity index (χ0n) is 15.7. The van der Waals surface area contributed by atoms with Gasteiger partial charge in [-0.1, -0.05) is 41.9 Å². The molecule has 4 rings (SSSR count). The van der Waals surface area contributed by atoms with Crippen molar-refractivity contribution in [2.75, 3.05) is 11.9 Å². The summed E-state index contributed by atoms with van der Waals surface area (Å²) in [6.45, 7) is 0.0254. The summed E-state index contributed by atoms with van der Waals surface area (Å²) in [4.78, 5) is 31.0. The summed E-state index contributed by atoms with van der Waals surface area (Å²) < 4.78 is 5.32. The van der Waals surface area contributed by atoms with Crippen LogP contribution < -0.4 is 10.1 Å². The highest BCUT2D eigenvalue weighted by molar-refractivity contribution is 7.14. The number of hydrogen-bond donors (Lipinski definition) is 2. The van der Waals surface area contributed by atoms with Crippen LogP contribution in [0.5, 0.6) is 5.75 Å². The molecule has 1 aliphatic rings. The van der Waals surface area contributed by atoms with Gasteiger partial charge in [-0.3, -0.25) is 9.69 Å². The first-order valence-corrected chi connectivity index (χ1v) is 10.5. The quantitative estimate of drug-likeness (QED) is 0.635. The lowest BCUT2D eigenvalue weighted by atomic mass is 10.2. The Labute approximate surface area is 181 Å². The average molecular weight is 444 g/mol. The number of nitrogens with one attached hydrogen (secondary N) is 1. The topological polar surface area (TPSA) is 91.8 Å².